The maximum absolute atomic E-state index is 12.2. The first kappa shape index (κ1) is 12.4. The van der Waals surface area contributed by atoms with Crippen LogP contribution >= 0.6 is 0 Å². The lowest BCUT2D eigenvalue weighted by atomic mass is 10.1. The lowest BCUT2D eigenvalue weighted by Crippen LogP contribution is -2.27. The molecule has 0 spiro atoms. The summed E-state index contributed by atoms with van der Waals surface area (Å²) in [5.74, 6) is 0.437. The van der Waals surface area contributed by atoms with E-state index in [1.807, 2.05) is 13.8 Å². The highest BCUT2D eigenvalue weighted by atomic mass is 32.2. The minimum Gasteiger partial charge on any atom is -0.399 e. The van der Waals surface area contributed by atoms with Crippen LogP contribution in [0, 0.1) is 19.8 Å². The monoisotopic (exact) mass is 254 g/mol. The molecule has 1 fully saturated rings. The van der Waals surface area contributed by atoms with Crippen LogP contribution in [0.3, 0.4) is 0 Å². The summed E-state index contributed by atoms with van der Waals surface area (Å²) in [5.41, 5.74) is 7.85. The molecular formula is C12H18N2O2S. The van der Waals surface area contributed by atoms with Gasteiger partial charge in [-0.25, -0.2) is 13.1 Å². The summed E-state index contributed by atoms with van der Waals surface area (Å²) in [6.07, 6.45) is 0.916. The van der Waals surface area contributed by atoms with E-state index < -0.39 is 10.0 Å². The number of hydrogen-bond donors (Lipinski definition) is 2. The molecule has 0 amide bonds. The van der Waals surface area contributed by atoms with Crippen molar-refractivity contribution in [3.63, 3.8) is 0 Å². The number of nitrogens with two attached hydrogens (primary N) is 1. The van der Waals surface area contributed by atoms with Crippen LogP contribution in [-0.4, -0.2) is 14.5 Å². The van der Waals surface area contributed by atoms with E-state index in [0.717, 1.165) is 17.5 Å². The summed E-state index contributed by atoms with van der Waals surface area (Å²) in [6.45, 7) is 5.70. The van der Waals surface area contributed by atoms with Crippen molar-refractivity contribution in [2.24, 2.45) is 5.92 Å². The molecule has 5 heteroatoms. The van der Waals surface area contributed by atoms with Gasteiger partial charge < -0.3 is 5.73 Å². The molecule has 3 N–H and O–H groups in total. The second kappa shape index (κ2) is 3.99. The van der Waals surface area contributed by atoms with Crippen LogP contribution in [0.5, 0.6) is 0 Å². The van der Waals surface area contributed by atoms with Crippen LogP contribution in [0.2, 0.25) is 0 Å². The highest BCUT2D eigenvalue weighted by molar-refractivity contribution is 7.89. The maximum atomic E-state index is 12.2. The molecule has 1 aliphatic carbocycles. The Morgan fingerprint density at radius 3 is 2.47 bits per heavy atom. The molecule has 0 bridgehead atoms. The Kier molecular flexibility index (Phi) is 2.91. The van der Waals surface area contributed by atoms with E-state index in [0.29, 0.717) is 16.5 Å². The number of nitrogens with one attached hydrogen (secondary N) is 1. The van der Waals surface area contributed by atoms with Gasteiger partial charge >= 0.3 is 0 Å². The Balaban J connectivity index is 2.39. The largest absolute Gasteiger partial charge is 0.399 e. The first-order chi connectivity index (χ1) is 7.81. The number of anilines is 1. The van der Waals surface area contributed by atoms with E-state index in [1.54, 1.807) is 13.0 Å². The fraction of sp³-hybridized carbons (Fsp3) is 0.500. The Morgan fingerprint density at radius 2 is 1.94 bits per heavy atom. The molecule has 1 aromatic rings. The highest BCUT2D eigenvalue weighted by Gasteiger charge is 2.36. The van der Waals surface area contributed by atoms with Gasteiger partial charge in [-0.3, -0.25) is 0 Å². The number of nitrogen functional groups attached to an aromatic ring is 1. The van der Waals surface area contributed by atoms with E-state index in [2.05, 4.69) is 4.72 Å². The lowest BCUT2D eigenvalue weighted by molar-refractivity contribution is 0.577. The Morgan fingerprint density at radius 1 is 1.35 bits per heavy atom. The number of aryl methyl sites for hydroxylation is 1. The minimum atomic E-state index is -3.44. The van der Waals surface area contributed by atoms with Gasteiger partial charge in [0.1, 0.15) is 0 Å². The third-order valence-corrected chi connectivity index (χ3v) is 4.96. The molecular weight excluding hydrogens is 236 g/mol. The first-order valence-electron chi connectivity index (χ1n) is 5.70. The fourth-order valence-electron chi connectivity index (χ4n) is 1.88. The molecule has 0 heterocycles. The summed E-state index contributed by atoms with van der Waals surface area (Å²) in [4.78, 5) is 0.300. The summed E-state index contributed by atoms with van der Waals surface area (Å²) >= 11 is 0. The van der Waals surface area contributed by atoms with Crippen LogP contribution in [0.25, 0.3) is 0 Å². The van der Waals surface area contributed by atoms with E-state index >= 15 is 0 Å². The second-order valence-electron chi connectivity index (χ2n) is 4.90. The van der Waals surface area contributed by atoms with Gasteiger partial charge in [0, 0.05) is 11.7 Å². The molecule has 17 heavy (non-hydrogen) atoms. The van der Waals surface area contributed by atoms with Gasteiger partial charge in [-0.15, -0.1) is 0 Å². The van der Waals surface area contributed by atoms with Crippen molar-refractivity contribution >= 4 is 15.7 Å². The molecule has 0 radical (unpaired) electrons. The minimum absolute atomic E-state index is 0.0844. The number of benzene rings is 1. The van der Waals surface area contributed by atoms with E-state index in [-0.39, 0.29) is 6.04 Å². The van der Waals surface area contributed by atoms with Crippen LogP contribution in [0.15, 0.2) is 17.0 Å². The van der Waals surface area contributed by atoms with Crippen LogP contribution < -0.4 is 10.5 Å². The Hall–Kier alpha value is -1.07. The van der Waals surface area contributed by atoms with Crippen LogP contribution in [0.4, 0.5) is 5.69 Å². The van der Waals surface area contributed by atoms with Crippen molar-refractivity contribution in [1.29, 1.82) is 0 Å². The predicted octanol–water partition coefficient (Wildman–Crippen LogP) is 1.57. The normalized spacial score (nSPS) is 23.7. The lowest BCUT2D eigenvalue weighted by Gasteiger charge is -2.12. The molecule has 0 saturated heterocycles. The van der Waals surface area contributed by atoms with Gasteiger partial charge in [0.15, 0.2) is 0 Å². The van der Waals surface area contributed by atoms with E-state index in [1.165, 1.54) is 6.07 Å². The molecule has 0 aromatic heterocycles. The smallest absolute Gasteiger partial charge is 0.241 e. The number of hydrogen-bond acceptors (Lipinski definition) is 3. The Bertz CT molecular complexity index is 552. The van der Waals surface area contributed by atoms with Gasteiger partial charge in [0.25, 0.3) is 0 Å². The summed E-state index contributed by atoms with van der Waals surface area (Å²) in [5, 5.41) is 0. The number of sulfonamides is 1. The Labute approximate surface area is 102 Å². The summed E-state index contributed by atoms with van der Waals surface area (Å²) < 4.78 is 27.1. The average Bonchev–Trinajstić information content (AvgIpc) is 2.86. The van der Waals surface area contributed by atoms with Gasteiger partial charge in [-0.1, -0.05) is 6.92 Å². The third-order valence-electron chi connectivity index (χ3n) is 3.35. The quantitative estimate of drug-likeness (QED) is 0.804. The van der Waals surface area contributed by atoms with Crippen molar-refractivity contribution in [2.45, 2.75) is 38.1 Å². The average molecular weight is 254 g/mol. The fourth-order valence-corrected chi connectivity index (χ4v) is 3.59. The van der Waals surface area contributed by atoms with Crippen molar-refractivity contribution in [3.05, 3.63) is 23.3 Å². The SMILES string of the molecule is Cc1cc(N)cc(S(=O)(=O)NC2CC2C)c1C. The van der Waals surface area contributed by atoms with Gasteiger partial charge in [-0.05, 0) is 49.4 Å². The van der Waals surface area contributed by atoms with Crippen LogP contribution in [-0.2, 0) is 10.0 Å². The van der Waals surface area contributed by atoms with E-state index in [4.69, 9.17) is 5.73 Å². The molecule has 2 unspecified atom stereocenters. The standard InChI is InChI=1S/C12H18N2O2S/c1-7-4-10(13)6-12(9(7)3)17(15,16)14-11-5-8(11)2/h4,6,8,11,14H,5,13H2,1-3H3. The molecule has 2 rings (SSSR count). The second-order valence-corrected chi connectivity index (χ2v) is 6.58. The number of rotatable bonds is 3. The molecule has 94 valence electrons. The maximum Gasteiger partial charge on any atom is 0.241 e. The first-order valence-corrected chi connectivity index (χ1v) is 7.18. The third kappa shape index (κ3) is 2.45. The summed E-state index contributed by atoms with van der Waals surface area (Å²) in [6, 6.07) is 3.40. The zero-order valence-corrected chi connectivity index (χ0v) is 11.1. The molecule has 1 aromatic carbocycles. The van der Waals surface area contributed by atoms with E-state index in [9.17, 15) is 8.42 Å². The van der Waals surface area contributed by atoms with Gasteiger partial charge in [-0.2, -0.15) is 0 Å². The zero-order valence-electron chi connectivity index (χ0n) is 10.3. The molecule has 0 aliphatic heterocycles. The van der Waals surface area contributed by atoms with Crippen LogP contribution in [0.1, 0.15) is 24.5 Å². The van der Waals surface area contributed by atoms with Gasteiger partial charge in [0.2, 0.25) is 10.0 Å². The molecule has 2 atom stereocenters. The molecule has 4 nitrogen and oxygen atoms in total. The van der Waals surface area contributed by atoms with Crippen molar-refractivity contribution in [1.82, 2.24) is 4.72 Å². The van der Waals surface area contributed by atoms with Crippen molar-refractivity contribution < 1.29 is 8.42 Å². The molecule has 1 saturated carbocycles. The molecule has 1 aliphatic rings. The summed E-state index contributed by atoms with van der Waals surface area (Å²) in [7, 11) is -3.44. The van der Waals surface area contributed by atoms with Crippen molar-refractivity contribution in [2.75, 3.05) is 5.73 Å². The predicted molar refractivity (Wildman–Crippen MR) is 68.2 cm³/mol. The zero-order chi connectivity index (χ0) is 12.8. The van der Waals surface area contributed by atoms with Crippen molar-refractivity contribution in [3.8, 4) is 0 Å². The topological polar surface area (TPSA) is 72.2 Å². The van der Waals surface area contributed by atoms with Gasteiger partial charge in [0.05, 0.1) is 4.90 Å². The highest BCUT2D eigenvalue weighted by Crippen LogP contribution is 2.31.